The molecule has 1 aromatic carbocycles. The van der Waals surface area contributed by atoms with Crippen molar-refractivity contribution in [1.29, 1.82) is 0 Å². The number of rotatable bonds is 6. The Morgan fingerprint density at radius 1 is 1.32 bits per heavy atom. The highest BCUT2D eigenvalue weighted by Crippen LogP contribution is 2.14. The van der Waals surface area contributed by atoms with Crippen molar-refractivity contribution < 1.29 is 13.2 Å². The average Bonchev–Trinajstić information content (AvgIpc) is 2.89. The molecule has 0 spiro atoms. The fraction of sp³-hybridized carbons (Fsp3) is 0.538. The lowest BCUT2D eigenvalue weighted by Crippen LogP contribution is -2.31. The van der Waals surface area contributed by atoms with E-state index in [1.165, 1.54) is 0 Å². The quantitative estimate of drug-likeness (QED) is 0.807. The molecule has 2 rings (SSSR count). The van der Waals surface area contributed by atoms with Crippen LogP contribution >= 0.6 is 0 Å². The van der Waals surface area contributed by atoms with Gasteiger partial charge in [0, 0.05) is 19.7 Å². The van der Waals surface area contributed by atoms with E-state index >= 15 is 0 Å². The second-order valence-corrected chi connectivity index (χ2v) is 6.56. The van der Waals surface area contributed by atoms with Gasteiger partial charge in [-0.2, -0.15) is 0 Å². The van der Waals surface area contributed by atoms with Crippen molar-refractivity contribution in [2.45, 2.75) is 32.0 Å². The molecule has 1 fully saturated rings. The van der Waals surface area contributed by atoms with Gasteiger partial charge in [0.2, 0.25) is 10.0 Å². The molecule has 3 N–H and O–H groups in total. The Hall–Kier alpha value is -0.950. The Bertz CT molecular complexity index is 510. The Kier molecular flexibility index (Phi) is 4.93. The summed E-state index contributed by atoms with van der Waals surface area (Å²) in [4.78, 5) is 0. The predicted octanol–water partition coefficient (Wildman–Crippen LogP) is 0.744. The smallest absolute Gasteiger partial charge is 0.214 e. The molecule has 1 aromatic rings. The summed E-state index contributed by atoms with van der Waals surface area (Å²) in [6.07, 6.45) is 1.60. The van der Waals surface area contributed by atoms with Crippen LogP contribution in [0.2, 0.25) is 0 Å². The monoisotopic (exact) mass is 284 g/mol. The minimum absolute atomic E-state index is 0.0395. The van der Waals surface area contributed by atoms with E-state index in [1.54, 1.807) is 0 Å². The lowest BCUT2D eigenvalue weighted by atomic mass is 10.1. The van der Waals surface area contributed by atoms with Gasteiger partial charge in [-0.05, 0) is 24.0 Å². The lowest BCUT2D eigenvalue weighted by Gasteiger charge is -2.12. The van der Waals surface area contributed by atoms with E-state index in [9.17, 15) is 8.42 Å². The minimum Gasteiger partial charge on any atom is -0.377 e. The minimum atomic E-state index is -3.30. The Balaban J connectivity index is 1.93. The average molecular weight is 284 g/mol. The van der Waals surface area contributed by atoms with E-state index in [1.807, 2.05) is 24.3 Å². The molecule has 0 saturated carbocycles. The third-order valence-electron chi connectivity index (χ3n) is 3.25. The summed E-state index contributed by atoms with van der Waals surface area (Å²) in [6, 6.07) is 7.57. The second-order valence-electron chi connectivity index (χ2n) is 4.71. The van der Waals surface area contributed by atoms with Crippen LogP contribution in [0.5, 0.6) is 0 Å². The summed E-state index contributed by atoms with van der Waals surface area (Å²) < 4.78 is 31.8. The van der Waals surface area contributed by atoms with Gasteiger partial charge >= 0.3 is 0 Å². The number of nitrogens with one attached hydrogen (secondary N) is 1. The van der Waals surface area contributed by atoms with Gasteiger partial charge in [0.15, 0.2) is 0 Å². The summed E-state index contributed by atoms with van der Waals surface area (Å²) in [6.45, 7) is 1.35. The van der Waals surface area contributed by atoms with Gasteiger partial charge in [0.25, 0.3) is 0 Å². The maximum atomic E-state index is 11.9. The second kappa shape index (κ2) is 6.47. The van der Waals surface area contributed by atoms with E-state index in [0.29, 0.717) is 13.2 Å². The maximum absolute atomic E-state index is 11.9. The fourth-order valence-electron chi connectivity index (χ4n) is 2.20. The summed E-state index contributed by atoms with van der Waals surface area (Å²) in [7, 11) is -3.30. The molecule has 106 valence electrons. The van der Waals surface area contributed by atoms with E-state index in [2.05, 4.69) is 4.72 Å². The number of nitrogens with two attached hydrogens (primary N) is 1. The van der Waals surface area contributed by atoms with Crippen molar-refractivity contribution >= 4 is 10.0 Å². The van der Waals surface area contributed by atoms with Crippen LogP contribution in [0.4, 0.5) is 0 Å². The zero-order valence-corrected chi connectivity index (χ0v) is 11.7. The van der Waals surface area contributed by atoms with Crippen LogP contribution in [0.3, 0.4) is 0 Å². The van der Waals surface area contributed by atoms with Crippen molar-refractivity contribution in [3.63, 3.8) is 0 Å². The topological polar surface area (TPSA) is 81.4 Å². The number of hydrogen-bond acceptors (Lipinski definition) is 4. The van der Waals surface area contributed by atoms with Gasteiger partial charge < -0.3 is 10.5 Å². The molecule has 0 amide bonds. The van der Waals surface area contributed by atoms with Crippen molar-refractivity contribution in [2.75, 3.05) is 12.4 Å². The highest BCUT2D eigenvalue weighted by atomic mass is 32.2. The molecule has 5 nitrogen and oxygen atoms in total. The maximum Gasteiger partial charge on any atom is 0.214 e. The molecule has 1 heterocycles. The Morgan fingerprint density at radius 3 is 2.68 bits per heavy atom. The number of hydrogen-bond donors (Lipinski definition) is 2. The van der Waals surface area contributed by atoms with Crippen LogP contribution in [-0.4, -0.2) is 26.9 Å². The van der Waals surface area contributed by atoms with E-state index in [4.69, 9.17) is 10.5 Å². The molecule has 0 aromatic heterocycles. The molecular weight excluding hydrogens is 264 g/mol. The number of sulfonamides is 1. The first-order valence-electron chi connectivity index (χ1n) is 6.46. The number of benzene rings is 1. The van der Waals surface area contributed by atoms with Crippen molar-refractivity contribution in [3.05, 3.63) is 35.4 Å². The third kappa shape index (κ3) is 4.28. The Labute approximate surface area is 114 Å². The zero-order chi connectivity index (χ0) is 13.7. The molecule has 1 aliphatic heterocycles. The van der Waals surface area contributed by atoms with Gasteiger partial charge in [0.1, 0.15) is 0 Å². The molecule has 1 aliphatic rings. The van der Waals surface area contributed by atoms with Crippen molar-refractivity contribution in [1.82, 2.24) is 4.72 Å². The van der Waals surface area contributed by atoms with Gasteiger partial charge in [-0.25, -0.2) is 13.1 Å². The van der Waals surface area contributed by atoms with Crippen LogP contribution in [0.15, 0.2) is 24.3 Å². The first-order chi connectivity index (χ1) is 9.11. The first kappa shape index (κ1) is 14.5. The van der Waals surface area contributed by atoms with E-state index in [-0.39, 0.29) is 18.4 Å². The normalized spacial score (nSPS) is 19.7. The molecule has 1 atom stereocenters. The summed E-state index contributed by atoms with van der Waals surface area (Å²) in [5.41, 5.74) is 7.50. The molecule has 0 aliphatic carbocycles. The van der Waals surface area contributed by atoms with Crippen LogP contribution in [0, 0.1) is 0 Å². The van der Waals surface area contributed by atoms with Crippen molar-refractivity contribution in [3.8, 4) is 0 Å². The van der Waals surface area contributed by atoms with E-state index in [0.717, 1.165) is 24.0 Å². The van der Waals surface area contributed by atoms with Crippen LogP contribution in [-0.2, 0) is 27.8 Å². The predicted molar refractivity (Wildman–Crippen MR) is 73.9 cm³/mol. The largest absolute Gasteiger partial charge is 0.377 e. The van der Waals surface area contributed by atoms with Gasteiger partial charge in [-0.15, -0.1) is 0 Å². The molecule has 1 saturated heterocycles. The highest BCUT2D eigenvalue weighted by molar-refractivity contribution is 7.89. The molecule has 0 bridgehead atoms. The van der Waals surface area contributed by atoms with Gasteiger partial charge in [0.05, 0.1) is 11.9 Å². The third-order valence-corrected chi connectivity index (χ3v) is 4.64. The van der Waals surface area contributed by atoms with Gasteiger partial charge in [-0.1, -0.05) is 24.3 Å². The fourth-order valence-corrected chi connectivity index (χ4v) is 3.44. The van der Waals surface area contributed by atoms with Crippen molar-refractivity contribution in [2.24, 2.45) is 5.73 Å². The first-order valence-corrected chi connectivity index (χ1v) is 8.12. The van der Waals surface area contributed by atoms with Crippen LogP contribution in [0.25, 0.3) is 0 Å². The number of ether oxygens (including phenoxy) is 1. The SMILES string of the molecule is NCc1ccccc1CNS(=O)(=O)CC1CCCO1. The summed E-state index contributed by atoms with van der Waals surface area (Å²) in [5, 5.41) is 0. The standard InChI is InChI=1S/C13H20N2O3S/c14-8-11-4-1-2-5-12(11)9-15-19(16,17)10-13-6-3-7-18-13/h1-2,4-5,13,15H,3,6-10,14H2. The van der Waals surface area contributed by atoms with Crippen LogP contribution < -0.4 is 10.5 Å². The summed E-state index contributed by atoms with van der Waals surface area (Å²) in [5.74, 6) is 0.0395. The molecule has 0 radical (unpaired) electrons. The van der Waals surface area contributed by atoms with E-state index < -0.39 is 10.0 Å². The lowest BCUT2D eigenvalue weighted by molar-refractivity contribution is 0.127. The summed E-state index contributed by atoms with van der Waals surface area (Å²) >= 11 is 0. The van der Waals surface area contributed by atoms with Gasteiger partial charge in [-0.3, -0.25) is 0 Å². The zero-order valence-electron chi connectivity index (χ0n) is 10.8. The highest BCUT2D eigenvalue weighted by Gasteiger charge is 2.23. The molecular formula is C13H20N2O3S. The molecule has 19 heavy (non-hydrogen) atoms. The molecule has 1 unspecified atom stereocenters. The van der Waals surface area contributed by atoms with Crippen LogP contribution in [0.1, 0.15) is 24.0 Å². The molecule has 6 heteroatoms. The Morgan fingerprint density at radius 2 is 2.05 bits per heavy atom.